The maximum absolute atomic E-state index is 12.4. The first kappa shape index (κ1) is 19.9. The molecule has 0 saturated carbocycles. The molecular formula is C17H20N3O5. The molecule has 0 atom stereocenters. The average molecular weight is 346 g/mol. The van der Waals surface area contributed by atoms with Gasteiger partial charge in [0, 0.05) is 12.6 Å². The number of hydroxylamine groups is 2. The van der Waals surface area contributed by atoms with Gasteiger partial charge in [-0.05, 0) is 25.5 Å². The molecule has 0 unspecified atom stereocenters. The van der Waals surface area contributed by atoms with Crippen LogP contribution in [0.2, 0.25) is 0 Å². The fraction of sp³-hybridized carbons (Fsp3) is 0.294. The lowest BCUT2D eigenvalue weighted by atomic mass is 10.2. The normalized spacial score (nSPS) is 10.2. The molecule has 0 aromatic heterocycles. The summed E-state index contributed by atoms with van der Waals surface area (Å²) in [6.45, 7) is 2.98. The topological polar surface area (TPSA) is 96.0 Å². The maximum atomic E-state index is 12.4. The Kier molecular flexibility index (Phi) is 8.42. The minimum atomic E-state index is -0.931. The molecule has 0 bridgehead atoms. The van der Waals surface area contributed by atoms with Crippen molar-refractivity contribution in [1.29, 1.82) is 0 Å². The minimum Gasteiger partial charge on any atom is -0.320 e. The summed E-state index contributed by atoms with van der Waals surface area (Å²) in [6.07, 6.45) is 3.34. The van der Waals surface area contributed by atoms with Crippen molar-refractivity contribution in [1.82, 2.24) is 15.3 Å². The number of amides is 4. The number of carbonyl (C=O) groups is 3. The van der Waals surface area contributed by atoms with Crippen LogP contribution in [0.3, 0.4) is 0 Å². The van der Waals surface area contributed by atoms with E-state index in [2.05, 4.69) is 5.32 Å². The Morgan fingerprint density at radius 3 is 2.44 bits per heavy atom. The van der Waals surface area contributed by atoms with Crippen molar-refractivity contribution in [2.24, 2.45) is 0 Å². The summed E-state index contributed by atoms with van der Waals surface area (Å²) in [4.78, 5) is 52.2. The van der Waals surface area contributed by atoms with Crippen LogP contribution in [0.4, 0.5) is 9.59 Å². The Hall–Kier alpha value is -3.16. The van der Waals surface area contributed by atoms with Gasteiger partial charge in [-0.1, -0.05) is 30.3 Å². The monoisotopic (exact) mass is 346 g/mol. The number of hydrogen-bond donors (Lipinski definition) is 1. The van der Waals surface area contributed by atoms with Crippen LogP contribution >= 0.6 is 0 Å². The van der Waals surface area contributed by atoms with E-state index in [9.17, 15) is 19.2 Å². The summed E-state index contributed by atoms with van der Waals surface area (Å²) in [7, 11) is 0. The van der Waals surface area contributed by atoms with Crippen molar-refractivity contribution < 1.29 is 24.0 Å². The highest BCUT2D eigenvalue weighted by molar-refractivity contribution is 6.03. The lowest BCUT2D eigenvalue weighted by molar-refractivity contribution is -0.126. The fourth-order valence-electron chi connectivity index (χ4n) is 1.78. The highest BCUT2D eigenvalue weighted by Gasteiger charge is 2.27. The van der Waals surface area contributed by atoms with Gasteiger partial charge in [-0.25, -0.2) is 9.59 Å². The first-order valence-corrected chi connectivity index (χ1v) is 7.70. The maximum Gasteiger partial charge on any atom is 0.431 e. The van der Waals surface area contributed by atoms with E-state index < -0.39 is 24.6 Å². The Labute approximate surface area is 146 Å². The number of benzene rings is 1. The molecule has 1 aromatic carbocycles. The van der Waals surface area contributed by atoms with Gasteiger partial charge in [0.15, 0.2) is 0 Å². The predicted molar refractivity (Wildman–Crippen MR) is 90.8 cm³/mol. The fourth-order valence-corrected chi connectivity index (χ4v) is 1.78. The lowest BCUT2D eigenvalue weighted by Gasteiger charge is -2.25. The van der Waals surface area contributed by atoms with E-state index in [0.29, 0.717) is 16.5 Å². The van der Waals surface area contributed by atoms with E-state index >= 15 is 0 Å². The second-order valence-electron chi connectivity index (χ2n) is 4.70. The Morgan fingerprint density at radius 2 is 1.88 bits per heavy atom. The quantitative estimate of drug-likeness (QED) is 0.625. The molecule has 1 aromatic rings. The van der Waals surface area contributed by atoms with Crippen LogP contribution in [0, 0.1) is 0 Å². The minimum absolute atomic E-state index is 0.000996. The molecule has 0 aliphatic carbocycles. The van der Waals surface area contributed by atoms with E-state index in [0.717, 1.165) is 11.6 Å². The molecule has 0 fully saturated rings. The number of nitrogens with zero attached hydrogens (tertiary/aromatic N) is 2. The van der Waals surface area contributed by atoms with E-state index in [4.69, 9.17) is 4.84 Å². The van der Waals surface area contributed by atoms with Crippen LogP contribution in [0.1, 0.15) is 19.4 Å². The molecule has 0 saturated heterocycles. The van der Waals surface area contributed by atoms with Gasteiger partial charge in [0.25, 0.3) is 5.91 Å². The van der Waals surface area contributed by atoms with Crippen molar-refractivity contribution in [3.05, 3.63) is 42.0 Å². The van der Waals surface area contributed by atoms with E-state index in [-0.39, 0.29) is 6.54 Å². The summed E-state index contributed by atoms with van der Waals surface area (Å²) < 4.78 is 0. The van der Waals surface area contributed by atoms with E-state index in [1.807, 2.05) is 6.07 Å². The summed E-state index contributed by atoms with van der Waals surface area (Å²) in [5, 5.41) is 3.05. The Morgan fingerprint density at radius 1 is 1.20 bits per heavy atom. The molecule has 0 aliphatic heterocycles. The van der Waals surface area contributed by atoms with Gasteiger partial charge in [0.05, 0.1) is 13.1 Å². The molecule has 0 heterocycles. The largest absolute Gasteiger partial charge is 0.431 e. The van der Waals surface area contributed by atoms with Crippen LogP contribution in [-0.4, -0.2) is 53.9 Å². The van der Waals surface area contributed by atoms with E-state index in [1.54, 1.807) is 38.1 Å². The highest BCUT2D eigenvalue weighted by atomic mass is 16.7. The van der Waals surface area contributed by atoms with Crippen LogP contribution in [0.25, 0.3) is 6.08 Å². The van der Waals surface area contributed by atoms with Gasteiger partial charge in [-0.2, -0.15) is 5.06 Å². The molecule has 25 heavy (non-hydrogen) atoms. The van der Waals surface area contributed by atoms with Crippen LogP contribution in [0.15, 0.2) is 36.4 Å². The van der Waals surface area contributed by atoms with Crippen LogP contribution in [0.5, 0.6) is 0 Å². The lowest BCUT2D eigenvalue weighted by Crippen LogP contribution is -2.48. The van der Waals surface area contributed by atoms with Crippen molar-refractivity contribution in [3.8, 4) is 0 Å². The van der Waals surface area contributed by atoms with Crippen molar-refractivity contribution in [2.45, 2.75) is 13.8 Å². The molecular weight excluding hydrogens is 326 g/mol. The molecule has 1 rings (SSSR count). The third kappa shape index (κ3) is 6.46. The molecule has 0 spiro atoms. The summed E-state index contributed by atoms with van der Waals surface area (Å²) in [5.41, 5.74) is 0.754. The van der Waals surface area contributed by atoms with Gasteiger partial charge in [0.1, 0.15) is 0 Å². The van der Waals surface area contributed by atoms with E-state index in [1.165, 1.54) is 12.4 Å². The zero-order valence-corrected chi connectivity index (χ0v) is 14.1. The van der Waals surface area contributed by atoms with Gasteiger partial charge >= 0.3 is 12.1 Å². The standard InChI is InChI=1S/C17H20N3O5/c1-3-18-16(23)25-20(4-2)17(24)19(12-13-21)15(22)11-10-14-8-6-5-7-9-14/h5-11H,3-4,12H2,1-2H3,(H,18,23)/b11-10+. The number of hydrogen-bond acceptors (Lipinski definition) is 5. The molecule has 8 nitrogen and oxygen atoms in total. The predicted octanol–water partition coefficient (Wildman–Crippen LogP) is 1.74. The van der Waals surface area contributed by atoms with Crippen LogP contribution < -0.4 is 5.32 Å². The second kappa shape index (κ2) is 10.6. The first-order valence-electron chi connectivity index (χ1n) is 7.70. The van der Waals surface area contributed by atoms with Crippen molar-refractivity contribution in [2.75, 3.05) is 19.6 Å². The molecule has 8 heteroatoms. The van der Waals surface area contributed by atoms with Gasteiger partial charge in [-0.3, -0.25) is 14.5 Å². The highest BCUT2D eigenvalue weighted by Crippen LogP contribution is 2.05. The first-order chi connectivity index (χ1) is 12.0. The molecule has 1 radical (unpaired) electrons. The van der Waals surface area contributed by atoms with Crippen molar-refractivity contribution >= 4 is 30.4 Å². The number of imide groups is 1. The summed E-state index contributed by atoms with van der Waals surface area (Å²) >= 11 is 0. The summed E-state index contributed by atoms with van der Waals surface area (Å²) in [5.74, 6) is -0.727. The smallest absolute Gasteiger partial charge is 0.320 e. The molecule has 1 N–H and O–H groups in total. The number of rotatable bonds is 6. The van der Waals surface area contributed by atoms with Gasteiger partial charge < -0.3 is 10.2 Å². The number of nitrogens with one attached hydrogen (secondary N) is 1. The Bertz CT molecular complexity index is 630. The zero-order valence-electron chi connectivity index (χ0n) is 14.1. The Balaban J connectivity index is 2.86. The third-order valence-electron chi connectivity index (χ3n) is 2.95. The number of urea groups is 1. The molecule has 4 amide bonds. The van der Waals surface area contributed by atoms with Crippen LogP contribution in [-0.2, 0) is 14.4 Å². The average Bonchev–Trinajstić information content (AvgIpc) is 2.62. The molecule has 133 valence electrons. The third-order valence-corrected chi connectivity index (χ3v) is 2.95. The van der Waals surface area contributed by atoms with Gasteiger partial charge in [-0.15, -0.1) is 0 Å². The van der Waals surface area contributed by atoms with Gasteiger partial charge in [0.2, 0.25) is 6.29 Å². The SMILES string of the molecule is CCNC(=O)ON(CC)C(=O)N(C[C]=O)C(=O)/C=C/c1ccccc1. The zero-order chi connectivity index (χ0) is 18.7. The molecule has 0 aliphatic rings. The summed E-state index contributed by atoms with van der Waals surface area (Å²) in [6, 6.07) is 8.04. The van der Waals surface area contributed by atoms with Crippen molar-refractivity contribution in [3.63, 3.8) is 0 Å². The number of carbonyl (C=O) groups excluding carboxylic acids is 4. The second-order valence-corrected chi connectivity index (χ2v) is 4.70.